The number of amides is 1. The fourth-order valence-electron chi connectivity index (χ4n) is 3.11. The number of benzene rings is 1. The van der Waals surface area contributed by atoms with Crippen molar-refractivity contribution in [2.45, 2.75) is 31.8 Å². The van der Waals surface area contributed by atoms with Gasteiger partial charge in [-0.3, -0.25) is 4.79 Å². The summed E-state index contributed by atoms with van der Waals surface area (Å²) in [6.07, 6.45) is 1.65. The summed E-state index contributed by atoms with van der Waals surface area (Å²) in [5, 5.41) is 9.43. The molecule has 1 aromatic carbocycles. The molecule has 1 aromatic rings. The third-order valence-corrected chi connectivity index (χ3v) is 4.34. The van der Waals surface area contributed by atoms with Crippen molar-refractivity contribution in [2.24, 2.45) is 5.92 Å². The van der Waals surface area contributed by atoms with E-state index in [1.54, 1.807) is 0 Å². The molecule has 1 saturated heterocycles. The molecular formula is C16H19NO4. The summed E-state index contributed by atoms with van der Waals surface area (Å²) >= 11 is 0. The number of rotatable bonds is 3. The fourth-order valence-corrected chi connectivity index (χ4v) is 3.11. The maximum atomic E-state index is 12.5. The lowest BCUT2D eigenvalue weighted by molar-refractivity contribution is -0.151. The molecule has 0 radical (unpaired) electrons. The van der Waals surface area contributed by atoms with Crippen LogP contribution in [-0.2, 0) is 27.3 Å². The van der Waals surface area contributed by atoms with Gasteiger partial charge in [0.15, 0.2) is 0 Å². The van der Waals surface area contributed by atoms with Crippen LogP contribution in [0.5, 0.6) is 0 Å². The molecular weight excluding hydrogens is 270 g/mol. The van der Waals surface area contributed by atoms with Gasteiger partial charge in [0.2, 0.25) is 5.91 Å². The van der Waals surface area contributed by atoms with E-state index in [9.17, 15) is 14.7 Å². The zero-order valence-corrected chi connectivity index (χ0v) is 11.8. The van der Waals surface area contributed by atoms with Gasteiger partial charge in [0.1, 0.15) is 6.04 Å². The van der Waals surface area contributed by atoms with Crippen molar-refractivity contribution in [3.05, 3.63) is 35.4 Å². The lowest BCUT2D eigenvalue weighted by Crippen LogP contribution is -2.49. The number of ether oxygens (including phenoxy) is 1. The van der Waals surface area contributed by atoms with E-state index in [0.717, 1.165) is 17.5 Å². The van der Waals surface area contributed by atoms with Gasteiger partial charge in [-0.25, -0.2) is 4.79 Å². The topological polar surface area (TPSA) is 66.8 Å². The molecule has 5 heteroatoms. The van der Waals surface area contributed by atoms with E-state index < -0.39 is 12.0 Å². The number of nitrogens with zero attached hydrogens (tertiary/aromatic N) is 1. The van der Waals surface area contributed by atoms with Crippen LogP contribution in [-0.4, -0.2) is 41.1 Å². The number of hydrogen-bond donors (Lipinski definition) is 1. The highest BCUT2D eigenvalue weighted by molar-refractivity contribution is 5.84. The Bertz CT molecular complexity index is 551. The second kappa shape index (κ2) is 5.85. The van der Waals surface area contributed by atoms with Crippen LogP contribution < -0.4 is 0 Å². The van der Waals surface area contributed by atoms with Gasteiger partial charge in [-0.05, 0) is 23.5 Å². The van der Waals surface area contributed by atoms with Crippen LogP contribution in [0.25, 0.3) is 0 Å². The molecule has 2 aliphatic heterocycles. The summed E-state index contributed by atoms with van der Waals surface area (Å²) in [5.41, 5.74) is 2.07. The molecule has 0 bridgehead atoms. The Morgan fingerprint density at radius 3 is 2.71 bits per heavy atom. The van der Waals surface area contributed by atoms with E-state index in [0.29, 0.717) is 32.6 Å². The molecule has 0 saturated carbocycles. The van der Waals surface area contributed by atoms with Gasteiger partial charge in [-0.15, -0.1) is 0 Å². The normalized spacial score (nSPS) is 24.7. The first-order valence-electron chi connectivity index (χ1n) is 7.32. The number of carboxylic acid groups (broad SMARTS) is 1. The monoisotopic (exact) mass is 289 g/mol. The van der Waals surface area contributed by atoms with Crippen LogP contribution in [0, 0.1) is 5.92 Å². The average molecular weight is 289 g/mol. The Morgan fingerprint density at radius 2 is 2.05 bits per heavy atom. The summed E-state index contributed by atoms with van der Waals surface area (Å²) in [7, 11) is 0. The Labute approximate surface area is 123 Å². The zero-order valence-electron chi connectivity index (χ0n) is 11.8. The van der Waals surface area contributed by atoms with E-state index in [1.165, 1.54) is 4.90 Å². The number of carbonyl (C=O) groups excluding carboxylic acids is 1. The Kier molecular flexibility index (Phi) is 3.92. The lowest BCUT2D eigenvalue weighted by Gasteiger charge is -2.35. The van der Waals surface area contributed by atoms with E-state index in [4.69, 9.17) is 4.74 Å². The van der Waals surface area contributed by atoms with Gasteiger partial charge in [0, 0.05) is 32.6 Å². The quantitative estimate of drug-likeness (QED) is 0.914. The molecule has 2 aliphatic rings. The summed E-state index contributed by atoms with van der Waals surface area (Å²) in [6, 6.07) is 6.98. The number of carboxylic acids is 1. The minimum Gasteiger partial charge on any atom is -0.480 e. The van der Waals surface area contributed by atoms with E-state index in [-0.39, 0.29) is 11.8 Å². The highest BCUT2D eigenvalue weighted by Crippen LogP contribution is 2.26. The van der Waals surface area contributed by atoms with Crippen molar-refractivity contribution in [3.8, 4) is 0 Å². The average Bonchev–Trinajstić information content (AvgIpc) is 2.98. The van der Waals surface area contributed by atoms with Crippen LogP contribution in [0.4, 0.5) is 0 Å². The second-order valence-electron chi connectivity index (χ2n) is 5.78. The standard InChI is InChI=1S/C16H19NO4/c18-15(7-11-5-6-21-10-11)17-9-13-4-2-1-3-12(13)8-14(17)16(19)20/h1-4,11,14H,5-10H2,(H,19,20). The predicted molar refractivity (Wildman–Crippen MR) is 75.7 cm³/mol. The molecule has 112 valence electrons. The first kappa shape index (κ1) is 14.1. The van der Waals surface area contributed by atoms with Gasteiger partial charge >= 0.3 is 5.97 Å². The molecule has 0 spiro atoms. The number of aliphatic carboxylic acids is 1. The Hall–Kier alpha value is -1.88. The summed E-state index contributed by atoms with van der Waals surface area (Å²) in [5.74, 6) is -0.781. The van der Waals surface area contributed by atoms with Crippen LogP contribution >= 0.6 is 0 Å². The van der Waals surface area contributed by atoms with Gasteiger partial charge in [-0.2, -0.15) is 0 Å². The predicted octanol–water partition coefficient (Wildman–Crippen LogP) is 1.45. The maximum absolute atomic E-state index is 12.5. The Balaban J connectivity index is 1.78. The molecule has 0 aromatic heterocycles. The molecule has 3 rings (SSSR count). The third kappa shape index (κ3) is 2.93. The number of fused-ring (bicyclic) bond motifs is 1. The third-order valence-electron chi connectivity index (χ3n) is 4.34. The SMILES string of the molecule is O=C(O)C1Cc2ccccc2CN1C(=O)CC1CCOC1. The van der Waals surface area contributed by atoms with Crippen LogP contribution in [0.3, 0.4) is 0 Å². The molecule has 2 unspecified atom stereocenters. The van der Waals surface area contributed by atoms with Crippen molar-refractivity contribution in [3.63, 3.8) is 0 Å². The molecule has 0 aliphatic carbocycles. The van der Waals surface area contributed by atoms with Crippen LogP contribution in [0.1, 0.15) is 24.0 Å². The number of carbonyl (C=O) groups is 2. The van der Waals surface area contributed by atoms with Gasteiger partial charge in [-0.1, -0.05) is 24.3 Å². The van der Waals surface area contributed by atoms with Gasteiger partial charge in [0.05, 0.1) is 0 Å². The largest absolute Gasteiger partial charge is 0.480 e. The molecule has 1 fully saturated rings. The minimum absolute atomic E-state index is 0.0765. The molecule has 1 N–H and O–H groups in total. The van der Waals surface area contributed by atoms with E-state index in [2.05, 4.69) is 0 Å². The Morgan fingerprint density at radius 1 is 1.29 bits per heavy atom. The first-order valence-corrected chi connectivity index (χ1v) is 7.32. The second-order valence-corrected chi connectivity index (χ2v) is 5.78. The van der Waals surface area contributed by atoms with E-state index >= 15 is 0 Å². The molecule has 1 amide bonds. The highest BCUT2D eigenvalue weighted by Gasteiger charge is 2.35. The molecule has 2 atom stereocenters. The minimum atomic E-state index is -0.930. The van der Waals surface area contributed by atoms with E-state index in [1.807, 2.05) is 24.3 Å². The molecule has 21 heavy (non-hydrogen) atoms. The zero-order chi connectivity index (χ0) is 14.8. The van der Waals surface area contributed by atoms with Gasteiger partial charge in [0.25, 0.3) is 0 Å². The van der Waals surface area contributed by atoms with Crippen LogP contribution in [0.15, 0.2) is 24.3 Å². The van der Waals surface area contributed by atoms with Crippen molar-refractivity contribution in [1.29, 1.82) is 0 Å². The summed E-state index contributed by atoms with van der Waals surface area (Å²) in [6.45, 7) is 1.69. The summed E-state index contributed by atoms with van der Waals surface area (Å²) < 4.78 is 5.29. The maximum Gasteiger partial charge on any atom is 0.326 e. The molecule has 5 nitrogen and oxygen atoms in total. The highest BCUT2D eigenvalue weighted by atomic mass is 16.5. The number of hydrogen-bond acceptors (Lipinski definition) is 3. The summed E-state index contributed by atoms with van der Waals surface area (Å²) in [4.78, 5) is 25.5. The van der Waals surface area contributed by atoms with Crippen molar-refractivity contribution >= 4 is 11.9 Å². The van der Waals surface area contributed by atoms with Gasteiger partial charge < -0.3 is 14.7 Å². The van der Waals surface area contributed by atoms with Crippen molar-refractivity contribution in [2.75, 3.05) is 13.2 Å². The first-order chi connectivity index (χ1) is 10.1. The van der Waals surface area contributed by atoms with Crippen LogP contribution in [0.2, 0.25) is 0 Å². The smallest absolute Gasteiger partial charge is 0.326 e. The van der Waals surface area contributed by atoms with Crippen molar-refractivity contribution < 1.29 is 19.4 Å². The fraction of sp³-hybridized carbons (Fsp3) is 0.500. The van der Waals surface area contributed by atoms with Crippen molar-refractivity contribution in [1.82, 2.24) is 4.90 Å². The lowest BCUT2D eigenvalue weighted by atomic mass is 9.93. The molecule has 2 heterocycles.